The maximum atomic E-state index is 11.5. The van der Waals surface area contributed by atoms with Gasteiger partial charge in [0.2, 0.25) is 5.12 Å². The van der Waals surface area contributed by atoms with Crippen LogP contribution in [0.25, 0.3) is 10.9 Å². The number of aryl methyl sites for hydroxylation is 2. The lowest BCUT2D eigenvalue weighted by Gasteiger charge is -2.05. The topological polar surface area (TPSA) is 30.0 Å². The molecule has 0 aliphatic heterocycles. The first kappa shape index (κ1) is 11.1. The Balaban J connectivity index is 2.65. The molecular formula is C13H13NOS. The first-order chi connectivity index (χ1) is 7.63. The summed E-state index contributed by atoms with van der Waals surface area (Å²) in [5.41, 5.74) is 4.06. The molecule has 0 fully saturated rings. The summed E-state index contributed by atoms with van der Waals surface area (Å²) in [6.45, 7) is 4.12. The van der Waals surface area contributed by atoms with E-state index in [4.69, 9.17) is 0 Å². The third-order valence-corrected chi connectivity index (χ3v) is 3.40. The molecule has 16 heavy (non-hydrogen) atoms. The van der Waals surface area contributed by atoms with Crippen molar-refractivity contribution in [3.63, 3.8) is 0 Å². The Labute approximate surface area is 99.1 Å². The molecule has 0 aliphatic carbocycles. The Morgan fingerprint density at radius 1 is 1.31 bits per heavy atom. The third-order valence-electron chi connectivity index (χ3n) is 2.80. The Kier molecular flexibility index (Phi) is 2.97. The highest BCUT2D eigenvalue weighted by Crippen LogP contribution is 2.21. The fraction of sp³-hybridized carbons (Fsp3) is 0.231. The van der Waals surface area contributed by atoms with Gasteiger partial charge < -0.3 is 0 Å². The van der Waals surface area contributed by atoms with Gasteiger partial charge in [0.15, 0.2) is 0 Å². The second kappa shape index (κ2) is 4.26. The molecule has 0 radical (unpaired) electrons. The van der Waals surface area contributed by atoms with E-state index in [1.807, 2.05) is 12.1 Å². The molecule has 0 atom stereocenters. The molecule has 0 aliphatic rings. The van der Waals surface area contributed by atoms with E-state index in [9.17, 15) is 4.79 Å². The van der Waals surface area contributed by atoms with Crippen molar-refractivity contribution in [3.05, 3.63) is 41.1 Å². The maximum Gasteiger partial charge on any atom is 0.220 e. The largest absolute Gasteiger partial charge is 0.282 e. The van der Waals surface area contributed by atoms with Gasteiger partial charge in [-0.25, -0.2) is 0 Å². The number of hydrogen-bond donors (Lipinski definition) is 0. The van der Waals surface area contributed by atoms with Gasteiger partial charge in [0.05, 0.1) is 5.52 Å². The number of pyridine rings is 1. The van der Waals surface area contributed by atoms with Crippen LogP contribution in [0.4, 0.5) is 0 Å². The van der Waals surface area contributed by atoms with Gasteiger partial charge in [-0.05, 0) is 37.3 Å². The van der Waals surface area contributed by atoms with Crippen LogP contribution in [0.15, 0.2) is 24.4 Å². The summed E-state index contributed by atoms with van der Waals surface area (Å²) in [5, 5.41) is 1.09. The average molecular weight is 231 g/mol. The molecule has 2 nitrogen and oxygen atoms in total. The SMILES string of the molecule is CSC(=O)c1cnc2c(C)c(C)ccc2c1. The molecule has 1 aromatic heterocycles. The Bertz CT molecular complexity index is 563. The molecule has 0 spiro atoms. The summed E-state index contributed by atoms with van der Waals surface area (Å²) < 4.78 is 0. The van der Waals surface area contributed by atoms with Crippen LogP contribution in [0.1, 0.15) is 21.5 Å². The first-order valence-electron chi connectivity index (χ1n) is 5.08. The van der Waals surface area contributed by atoms with Crippen LogP contribution < -0.4 is 0 Å². The van der Waals surface area contributed by atoms with Crippen LogP contribution in [-0.2, 0) is 0 Å². The molecule has 0 saturated carbocycles. The Morgan fingerprint density at radius 3 is 2.75 bits per heavy atom. The summed E-state index contributed by atoms with van der Waals surface area (Å²) in [6, 6.07) is 5.99. The number of aromatic nitrogens is 1. The predicted molar refractivity (Wildman–Crippen MR) is 69.1 cm³/mol. The third kappa shape index (κ3) is 1.83. The molecule has 0 N–H and O–H groups in total. The fourth-order valence-corrected chi connectivity index (χ4v) is 2.03. The average Bonchev–Trinajstić information content (AvgIpc) is 2.32. The van der Waals surface area contributed by atoms with Crippen LogP contribution in [0.3, 0.4) is 0 Å². The van der Waals surface area contributed by atoms with Gasteiger partial charge in [0.1, 0.15) is 0 Å². The molecule has 0 amide bonds. The first-order valence-corrected chi connectivity index (χ1v) is 6.30. The summed E-state index contributed by atoms with van der Waals surface area (Å²) in [4.78, 5) is 15.9. The smallest absolute Gasteiger partial charge is 0.220 e. The minimum absolute atomic E-state index is 0.0626. The minimum atomic E-state index is 0.0626. The molecule has 82 valence electrons. The molecule has 1 aromatic carbocycles. The summed E-state index contributed by atoms with van der Waals surface area (Å²) in [6.07, 6.45) is 3.44. The van der Waals surface area contributed by atoms with Gasteiger partial charge >= 0.3 is 0 Å². The number of carbonyl (C=O) groups excluding carboxylic acids is 1. The lowest BCUT2D eigenvalue weighted by Crippen LogP contribution is -1.95. The van der Waals surface area contributed by atoms with Crippen molar-refractivity contribution >= 4 is 27.8 Å². The second-order valence-corrected chi connectivity index (χ2v) is 4.57. The normalized spacial score (nSPS) is 10.7. The van der Waals surface area contributed by atoms with Crippen LogP contribution >= 0.6 is 11.8 Å². The standard InChI is InChI=1S/C13H13NOS/c1-8-4-5-10-6-11(13(15)16-3)7-14-12(10)9(8)2/h4-7H,1-3H3. The molecule has 3 heteroatoms. The molecular weight excluding hydrogens is 218 g/mol. The van der Waals surface area contributed by atoms with Gasteiger partial charge in [-0.15, -0.1) is 0 Å². The van der Waals surface area contributed by atoms with E-state index in [0.717, 1.165) is 10.9 Å². The van der Waals surface area contributed by atoms with Crippen molar-refractivity contribution in [2.24, 2.45) is 0 Å². The van der Waals surface area contributed by atoms with Gasteiger partial charge in [-0.3, -0.25) is 9.78 Å². The number of fused-ring (bicyclic) bond motifs is 1. The monoisotopic (exact) mass is 231 g/mol. The quantitative estimate of drug-likeness (QED) is 0.754. The summed E-state index contributed by atoms with van der Waals surface area (Å²) in [5.74, 6) is 0. The molecule has 0 bridgehead atoms. The summed E-state index contributed by atoms with van der Waals surface area (Å²) in [7, 11) is 0. The highest BCUT2D eigenvalue weighted by atomic mass is 32.2. The van der Waals surface area contributed by atoms with Gasteiger partial charge in [-0.2, -0.15) is 0 Å². The van der Waals surface area contributed by atoms with Gasteiger partial charge in [-0.1, -0.05) is 23.9 Å². The van der Waals surface area contributed by atoms with E-state index in [0.29, 0.717) is 5.56 Å². The van der Waals surface area contributed by atoms with E-state index in [1.54, 1.807) is 12.5 Å². The zero-order valence-corrected chi connectivity index (χ0v) is 10.4. The number of thioether (sulfide) groups is 1. The predicted octanol–water partition coefficient (Wildman–Crippen LogP) is 3.35. The Hall–Kier alpha value is -1.35. The van der Waals surface area contributed by atoms with Crippen LogP contribution in [0.5, 0.6) is 0 Å². The highest BCUT2D eigenvalue weighted by Gasteiger charge is 2.07. The molecule has 0 unspecified atom stereocenters. The van der Waals surface area contributed by atoms with Crippen LogP contribution in [0, 0.1) is 13.8 Å². The van der Waals surface area contributed by atoms with E-state index in [2.05, 4.69) is 24.9 Å². The van der Waals surface area contributed by atoms with Crippen molar-refractivity contribution < 1.29 is 4.79 Å². The number of hydrogen-bond acceptors (Lipinski definition) is 3. The molecule has 2 aromatic rings. The number of carbonyl (C=O) groups is 1. The lowest BCUT2D eigenvalue weighted by molar-refractivity contribution is 0.108. The van der Waals surface area contributed by atoms with Gasteiger partial charge in [0, 0.05) is 17.1 Å². The van der Waals surface area contributed by atoms with Crippen molar-refractivity contribution in [2.45, 2.75) is 13.8 Å². The number of rotatable bonds is 1. The zero-order chi connectivity index (χ0) is 11.7. The second-order valence-electron chi connectivity index (χ2n) is 3.79. The highest BCUT2D eigenvalue weighted by molar-refractivity contribution is 8.13. The maximum absolute atomic E-state index is 11.5. The van der Waals surface area contributed by atoms with Gasteiger partial charge in [0.25, 0.3) is 0 Å². The van der Waals surface area contributed by atoms with E-state index in [-0.39, 0.29) is 5.12 Å². The van der Waals surface area contributed by atoms with Crippen LogP contribution in [0.2, 0.25) is 0 Å². The molecule has 0 saturated heterocycles. The van der Waals surface area contributed by atoms with E-state index in [1.165, 1.54) is 22.9 Å². The van der Waals surface area contributed by atoms with Crippen molar-refractivity contribution in [3.8, 4) is 0 Å². The number of benzene rings is 1. The molecule has 1 heterocycles. The Morgan fingerprint density at radius 2 is 2.06 bits per heavy atom. The zero-order valence-electron chi connectivity index (χ0n) is 9.57. The fourth-order valence-electron chi connectivity index (χ4n) is 1.68. The van der Waals surface area contributed by atoms with Crippen LogP contribution in [-0.4, -0.2) is 16.4 Å². The summed E-state index contributed by atoms with van der Waals surface area (Å²) >= 11 is 1.21. The lowest BCUT2D eigenvalue weighted by atomic mass is 10.0. The van der Waals surface area contributed by atoms with E-state index < -0.39 is 0 Å². The van der Waals surface area contributed by atoms with Crippen molar-refractivity contribution in [1.29, 1.82) is 0 Å². The van der Waals surface area contributed by atoms with E-state index >= 15 is 0 Å². The van der Waals surface area contributed by atoms with Crippen molar-refractivity contribution in [2.75, 3.05) is 6.26 Å². The molecule has 2 rings (SSSR count). The minimum Gasteiger partial charge on any atom is -0.282 e. The number of nitrogens with zero attached hydrogens (tertiary/aromatic N) is 1. The van der Waals surface area contributed by atoms with Crippen molar-refractivity contribution in [1.82, 2.24) is 4.98 Å².